The Kier molecular flexibility index (Phi) is 4.60. The molecule has 0 saturated heterocycles. The minimum Gasteiger partial charge on any atom is -0.265 e. The molecule has 0 aliphatic rings. The molecule has 1 aromatic carbocycles. The van der Waals surface area contributed by atoms with E-state index in [9.17, 15) is 8.42 Å². The highest BCUT2D eigenvalue weighted by Crippen LogP contribution is 2.27. The number of allylic oxidation sites excluding steroid dienone is 1. The number of para-hydroxylation sites is 1. The van der Waals surface area contributed by atoms with Gasteiger partial charge in [-0.3, -0.25) is 4.31 Å². The van der Waals surface area contributed by atoms with Crippen molar-refractivity contribution in [2.45, 2.75) is 13.8 Å². The molecule has 0 aliphatic heterocycles. The summed E-state index contributed by atoms with van der Waals surface area (Å²) in [6, 6.07) is 6.91. The quantitative estimate of drug-likeness (QED) is 0.791. The minimum absolute atomic E-state index is 0.297. The average Bonchev–Trinajstić information content (AvgIpc) is 2.18. The summed E-state index contributed by atoms with van der Waals surface area (Å²) in [5, 5.41) is 0.431. The van der Waals surface area contributed by atoms with Crippen molar-refractivity contribution in [2.75, 3.05) is 17.1 Å². The van der Waals surface area contributed by atoms with Crippen LogP contribution in [0.5, 0.6) is 0 Å². The Morgan fingerprint density at radius 2 is 1.94 bits per heavy atom. The van der Waals surface area contributed by atoms with Crippen LogP contribution in [0.2, 0.25) is 5.02 Å². The van der Waals surface area contributed by atoms with Crippen LogP contribution in [-0.4, -0.2) is 21.2 Å². The summed E-state index contributed by atoms with van der Waals surface area (Å²) in [4.78, 5) is 0. The summed E-state index contributed by atoms with van der Waals surface area (Å²) in [6.07, 6.45) is 3.03. The zero-order valence-corrected chi connectivity index (χ0v) is 11.7. The van der Waals surface area contributed by atoms with Gasteiger partial charge in [-0.25, -0.2) is 8.42 Å². The van der Waals surface area contributed by atoms with Crippen molar-refractivity contribution in [1.29, 1.82) is 0 Å². The number of nitrogens with zero attached hydrogens (tertiary/aromatic N) is 1. The summed E-state index contributed by atoms with van der Waals surface area (Å²) in [5.74, 6) is 0. The number of sulfonamides is 1. The molecule has 17 heavy (non-hydrogen) atoms. The predicted molar refractivity (Wildman–Crippen MR) is 73.1 cm³/mol. The van der Waals surface area contributed by atoms with Crippen LogP contribution in [0.3, 0.4) is 0 Å². The minimum atomic E-state index is -3.33. The molecule has 0 fully saturated rings. The van der Waals surface area contributed by atoms with Crippen molar-refractivity contribution in [2.24, 2.45) is 0 Å². The van der Waals surface area contributed by atoms with Crippen LogP contribution in [0.25, 0.3) is 0 Å². The summed E-state index contributed by atoms with van der Waals surface area (Å²) >= 11 is 6.01. The lowest BCUT2D eigenvalue weighted by molar-refractivity contribution is 0.598. The van der Waals surface area contributed by atoms with E-state index in [1.54, 1.807) is 24.3 Å². The molecular formula is C12H16ClNO2S. The van der Waals surface area contributed by atoms with Crippen LogP contribution in [-0.2, 0) is 10.0 Å². The molecular weight excluding hydrogens is 258 g/mol. The number of hydrogen-bond donors (Lipinski definition) is 0. The maximum atomic E-state index is 11.7. The zero-order chi connectivity index (χ0) is 13.1. The topological polar surface area (TPSA) is 37.4 Å². The van der Waals surface area contributed by atoms with Crippen molar-refractivity contribution in [3.63, 3.8) is 0 Å². The molecule has 0 radical (unpaired) electrons. The second-order valence-corrected chi connectivity index (χ2v) is 6.34. The van der Waals surface area contributed by atoms with Crippen molar-refractivity contribution in [3.05, 3.63) is 40.9 Å². The van der Waals surface area contributed by atoms with Gasteiger partial charge in [0.15, 0.2) is 0 Å². The maximum absolute atomic E-state index is 11.7. The molecule has 0 amide bonds. The smallest absolute Gasteiger partial charge is 0.232 e. The Bertz CT molecular complexity index is 519. The molecule has 0 unspecified atom stereocenters. The highest BCUT2D eigenvalue weighted by Gasteiger charge is 2.18. The third kappa shape index (κ3) is 4.06. The third-order valence-corrected chi connectivity index (χ3v) is 3.65. The standard InChI is InChI=1S/C12H16ClNO2S/c1-10(2)8-9-14(17(3,15)16)12-7-5-4-6-11(12)13/h4-8H,9H2,1-3H3. The van der Waals surface area contributed by atoms with Crippen LogP contribution in [0.15, 0.2) is 35.9 Å². The number of rotatable bonds is 4. The first-order valence-corrected chi connectivity index (χ1v) is 7.40. The fourth-order valence-corrected chi connectivity index (χ4v) is 2.48. The van der Waals surface area contributed by atoms with Gasteiger partial charge in [-0.1, -0.05) is 35.4 Å². The van der Waals surface area contributed by atoms with Crippen molar-refractivity contribution >= 4 is 27.3 Å². The molecule has 0 bridgehead atoms. The number of anilines is 1. The van der Waals surface area contributed by atoms with E-state index in [0.29, 0.717) is 17.3 Å². The van der Waals surface area contributed by atoms with E-state index in [2.05, 4.69) is 0 Å². The van der Waals surface area contributed by atoms with Crippen LogP contribution in [0.4, 0.5) is 5.69 Å². The second-order valence-electron chi connectivity index (χ2n) is 4.03. The molecule has 0 aliphatic carbocycles. The lowest BCUT2D eigenvalue weighted by atomic mass is 10.3. The van der Waals surface area contributed by atoms with Crippen molar-refractivity contribution in [3.8, 4) is 0 Å². The summed E-state index contributed by atoms with van der Waals surface area (Å²) < 4.78 is 24.8. The summed E-state index contributed by atoms with van der Waals surface area (Å²) in [7, 11) is -3.33. The van der Waals surface area contributed by atoms with E-state index in [0.717, 1.165) is 5.57 Å². The second kappa shape index (κ2) is 5.56. The van der Waals surface area contributed by atoms with Crippen LogP contribution >= 0.6 is 11.6 Å². The normalized spacial score (nSPS) is 11.1. The lowest BCUT2D eigenvalue weighted by Crippen LogP contribution is -2.30. The lowest BCUT2D eigenvalue weighted by Gasteiger charge is -2.22. The number of benzene rings is 1. The van der Waals surface area contributed by atoms with E-state index in [1.807, 2.05) is 19.9 Å². The van der Waals surface area contributed by atoms with Crippen LogP contribution < -0.4 is 4.31 Å². The number of hydrogen-bond acceptors (Lipinski definition) is 2. The molecule has 0 saturated carbocycles. The van der Waals surface area contributed by atoms with E-state index in [-0.39, 0.29) is 0 Å². The Labute approximate surface area is 108 Å². The first kappa shape index (κ1) is 14.1. The van der Waals surface area contributed by atoms with Gasteiger partial charge < -0.3 is 0 Å². The van der Waals surface area contributed by atoms with Gasteiger partial charge in [-0.15, -0.1) is 0 Å². The first-order valence-electron chi connectivity index (χ1n) is 5.18. The fourth-order valence-electron chi connectivity index (χ4n) is 1.33. The first-order chi connectivity index (χ1) is 7.82. The van der Waals surface area contributed by atoms with Gasteiger partial charge in [0.1, 0.15) is 0 Å². The summed E-state index contributed by atoms with van der Waals surface area (Å²) in [5.41, 5.74) is 1.57. The molecule has 0 N–H and O–H groups in total. The largest absolute Gasteiger partial charge is 0.265 e. The Balaban J connectivity index is 3.17. The third-order valence-electron chi connectivity index (χ3n) is 2.19. The molecule has 0 spiro atoms. The molecule has 0 heterocycles. The Morgan fingerprint density at radius 3 is 2.41 bits per heavy atom. The highest BCUT2D eigenvalue weighted by molar-refractivity contribution is 7.92. The van der Waals surface area contributed by atoms with Gasteiger partial charge in [-0.05, 0) is 26.0 Å². The highest BCUT2D eigenvalue weighted by atomic mass is 35.5. The van der Waals surface area contributed by atoms with Gasteiger partial charge in [0.2, 0.25) is 10.0 Å². The van der Waals surface area contributed by atoms with Crippen LogP contribution in [0, 0.1) is 0 Å². The van der Waals surface area contributed by atoms with E-state index < -0.39 is 10.0 Å². The molecule has 0 atom stereocenters. The van der Waals surface area contributed by atoms with Crippen molar-refractivity contribution < 1.29 is 8.42 Å². The van der Waals surface area contributed by atoms with Gasteiger partial charge in [-0.2, -0.15) is 0 Å². The SMILES string of the molecule is CC(C)=CCN(c1ccccc1Cl)S(C)(=O)=O. The molecule has 0 aromatic heterocycles. The van der Waals surface area contributed by atoms with Crippen LogP contribution in [0.1, 0.15) is 13.8 Å². The fraction of sp³-hybridized carbons (Fsp3) is 0.333. The predicted octanol–water partition coefficient (Wildman–Crippen LogP) is 3.07. The van der Waals surface area contributed by atoms with Gasteiger partial charge in [0, 0.05) is 0 Å². The van der Waals surface area contributed by atoms with Gasteiger partial charge in [0.05, 0.1) is 23.5 Å². The summed E-state index contributed by atoms with van der Waals surface area (Å²) in [6.45, 7) is 4.14. The monoisotopic (exact) mass is 273 g/mol. The average molecular weight is 274 g/mol. The molecule has 1 rings (SSSR count). The maximum Gasteiger partial charge on any atom is 0.232 e. The van der Waals surface area contributed by atoms with E-state index >= 15 is 0 Å². The van der Waals surface area contributed by atoms with Crippen molar-refractivity contribution in [1.82, 2.24) is 0 Å². The Morgan fingerprint density at radius 1 is 1.35 bits per heavy atom. The zero-order valence-electron chi connectivity index (χ0n) is 10.1. The Hall–Kier alpha value is -1.00. The van der Waals surface area contributed by atoms with Gasteiger partial charge >= 0.3 is 0 Å². The van der Waals surface area contributed by atoms with Gasteiger partial charge in [0.25, 0.3) is 0 Å². The van der Waals surface area contributed by atoms with E-state index in [4.69, 9.17) is 11.6 Å². The molecule has 1 aromatic rings. The van der Waals surface area contributed by atoms with E-state index in [1.165, 1.54) is 10.6 Å². The molecule has 94 valence electrons. The molecule has 5 heteroatoms. The number of halogens is 1. The molecule has 3 nitrogen and oxygen atoms in total.